The predicted octanol–water partition coefficient (Wildman–Crippen LogP) is 7.51. The highest BCUT2D eigenvalue weighted by Gasteiger charge is 2.51. The van der Waals surface area contributed by atoms with E-state index in [4.69, 9.17) is 0 Å². The summed E-state index contributed by atoms with van der Waals surface area (Å²) in [5, 5.41) is 0. The molecule has 0 aromatic carbocycles. The van der Waals surface area contributed by atoms with E-state index in [1.807, 2.05) is 0 Å². The van der Waals surface area contributed by atoms with Gasteiger partial charge in [0, 0.05) is 0 Å². The SMILES string of the molecule is CCCCC1(CCCC)CC(CCCC)(CCCC)C1. The zero-order chi connectivity index (χ0) is 14.9. The van der Waals surface area contributed by atoms with Crippen LogP contribution in [0.25, 0.3) is 0 Å². The number of hydrogen-bond acceptors (Lipinski definition) is 0. The van der Waals surface area contributed by atoms with E-state index < -0.39 is 0 Å². The van der Waals surface area contributed by atoms with Crippen LogP contribution in [0.15, 0.2) is 0 Å². The van der Waals surface area contributed by atoms with Crippen molar-refractivity contribution in [2.75, 3.05) is 0 Å². The molecule has 0 amide bonds. The fourth-order valence-corrected chi connectivity index (χ4v) is 4.70. The summed E-state index contributed by atoms with van der Waals surface area (Å²) in [7, 11) is 0. The molecule has 0 nitrogen and oxygen atoms in total. The van der Waals surface area contributed by atoms with Crippen molar-refractivity contribution < 1.29 is 0 Å². The molecule has 1 saturated carbocycles. The van der Waals surface area contributed by atoms with Gasteiger partial charge in [-0.25, -0.2) is 0 Å². The van der Waals surface area contributed by atoms with Crippen LogP contribution in [0.4, 0.5) is 0 Å². The van der Waals surface area contributed by atoms with Crippen molar-refractivity contribution >= 4 is 0 Å². The Kier molecular flexibility index (Phi) is 8.22. The van der Waals surface area contributed by atoms with Gasteiger partial charge in [0.05, 0.1) is 0 Å². The molecule has 0 aliphatic heterocycles. The lowest BCUT2D eigenvalue weighted by molar-refractivity contribution is -0.0701. The van der Waals surface area contributed by atoms with E-state index in [-0.39, 0.29) is 0 Å². The molecular weight excluding hydrogens is 240 g/mol. The lowest BCUT2D eigenvalue weighted by atomic mass is 9.47. The summed E-state index contributed by atoms with van der Waals surface area (Å²) < 4.78 is 0. The fourth-order valence-electron chi connectivity index (χ4n) is 4.70. The van der Waals surface area contributed by atoms with E-state index in [0.717, 1.165) is 10.8 Å². The van der Waals surface area contributed by atoms with E-state index in [2.05, 4.69) is 27.7 Å². The average Bonchev–Trinajstić information content (AvgIpc) is 2.43. The van der Waals surface area contributed by atoms with E-state index in [1.54, 1.807) is 12.8 Å². The maximum absolute atomic E-state index is 2.35. The first-order valence-corrected chi connectivity index (χ1v) is 9.66. The van der Waals surface area contributed by atoms with Crippen molar-refractivity contribution in [3.05, 3.63) is 0 Å². The second-order valence-corrected chi connectivity index (χ2v) is 7.77. The van der Waals surface area contributed by atoms with Gasteiger partial charge in [-0.1, -0.05) is 79.1 Å². The quantitative estimate of drug-likeness (QED) is 0.347. The summed E-state index contributed by atoms with van der Waals surface area (Å²) in [5.74, 6) is 0. The molecule has 0 spiro atoms. The highest BCUT2D eigenvalue weighted by atomic mass is 14.6. The van der Waals surface area contributed by atoms with Crippen molar-refractivity contribution in [1.82, 2.24) is 0 Å². The second kappa shape index (κ2) is 9.11. The van der Waals surface area contributed by atoms with Gasteiger partial charge >= 0.3 is 0 Å². The van der Waals surface area contributed by atoms with Gasteiger partial charge < -0.3 is 0 Å². The molecule has 0 bridgehead atoms. The van der Waals surface area contributed by atoms with Gasteiger partial charge in [0.2, 0.25) is 0 Å². The molecule has 0 aromatic heterocycles. The van der Waals surface area contributed by atoms with E-state index in [0.29, 0.717) is 0 Å². The molecule has 1 aliphatic carbocycles. The lowest BCUT2D eigenvalue weighted by Gasteiger charge is -2.58. The largest absolute Gasteiger partial charge is 0.0654 e. The summed E-state index contributed by atoms with van der Waals surface area (Å²) in [6.45, 7) is 9.42. The van der Waals surface area contributed by atoms with Crippen molar-refractivity contribution in [3.8, 4) is 0 Å². The third kappa shape index (κ3) is 5.08. The van der Waals surface area contributed by atoms with Crippen LogP contribution in [-0.2, 0) is 0 Å². The Bertz CT molecular complexity index is 190. The minimum atomic E-state index is 0.757. The molecule has 0 unspecified atom stereocenters. The Labute approximate surface area is 129 Å². The maximum atomic E-state index is 2.35. The maximum Gasteiger partial charge on any atom is -0.0287 e. The zero-order valence-corrected chi connectivity index (χ0v) is 14.9. The molecule has 0 radical (unpaired) electrons. The molecule has 1 rings (SSSR count). The Morgan fingerprint density at radius 2 is 0.750 bits per heavy atom. The monoisotopic (exact) mass is 280 g/mol. The van der Waals surface area contributed by atoms with Crippen molar-refractivity contribution in [3.63, 3.8) is 0 Å². The first-order chi connectivity index (χ1) is 9.66. The molecule has 0 heteroatoms. The Morgan fingerprint density at radius 3 is 0.950 bits per heavy atom. The fraction of sp³-hybridized carbons (Fsp3) is 1.00. The van der Waals surface area contributed by atoms with Crippen molar-refractivity contribution in [1.29, 1.82) is 0 Å². The first kappa shape index (κ1) is 18.1. The molecule has 0 atom stereocenters. The standard InChI is InChI=1S/C20H40/c1-5-9-13-19(14-10-6-2)17-20(18-19,15-11-7-3)16-12-8-4/h5-18H2,1-4H3. The summed E-state index contributed by atoms with van der Waals surface area (Å²) in [6.07, 6.45) is 20.6. The first-order valence-electron chi connectivity index (χ1n) is 9.66. The third-order valence-electron chi connectivity index (χ3n) is 5.74. The molecule has 0 N–H and O–H groups in total. The van der Waals surface area contributed by atoms with Gasteiger partial charge in [0.25, 0.3) is 0 Å². The number of rotatable bonds is 12. The van der Waals surface area contributed by atoms with Crippen LogP contribution in [0.3, 0.4) is 0 Å². The van der Waals surface area contributed by atoms with Crippen LogP contribution in [0, 0.1) is 10.8 Å². The van der Waals surface area contributed by atoms with Crippen LogP contribution in [0.1, 0.15) is 118 Å². The molecule has 120 valence electrons. The Morgan fingerprint density at radius 1 is 0.500 bits per heavy atom. The Balaban J connectivity index is 2.57. The summed E-state index contributed by atoms with van der Waals surface area (Å²) in [4.78, 5) is 0. The second-order valence-electron chi connectivity index (χ2n) is 7.77. The summed E-state index contributed by atoms with van der Waals surface area (Å²) >= 11 is 0. The van der Waals surface area contributed by atoms with Gasteiger partial charge in [0.15, 0.2) is 0 Å². The van der Waals surface area contributed by atoms with E-state index >= 15 is 0 Å². The highest BCUT2D eigenvalue weighted by Crippen LogP contribution is 2.63. The van der Waals surface area contributed by atoms with E-state index in [9.17, 15) is 0 Å². The van der Waals surface area contributed by atoms with Gasteiger partial charge in [0.1, 0.15) is 0 Å². The van der Waals surface area contributed by atoms with Crippen LogP contribution in [0.5, 0.6) is 0 Å². The molecular formula is C20H40. The average molecular weight is 281 g/mol. The molecule has 1 fully saturated rings. The van der Waals surface area contributed by atoms with Gasteiger partial charge in [-0.15, -0.1) is 0 Å². The molecule has 0 aromatic rings. The summed E-state index contributed by atoms with van der Waals surface area (Å²) in [5.41, 5.74) is 1.51. The Hall–Kier alpha value is 0. The van der Waals surface area contributed by atoms with Gasteiger partial charge in [-0.2, -0.15) is 0 Å². The number of unbranched alkanes of at least 4 members (excludes halogenated alkanes) is 4. The lowest BCUT2D eigenvalue weighted by Crippen LogP contribution is -2.46. The van der Waals surface area contributed by atoms with Crippen LogP contribution < -0.4 is 0 Å². The third-order valence-corrected chi connectivity index (χ3v) is 5.74. The topological polar surface area (TPSA) is 0 Å². The minimum Gasteiger partial charge on any atom is -0.0654 e. The molecule has 1 aliphatic rings. The smallest absolute Gasteiger partial charge is 0.0287 e. The van der Waals surface area contributed by atoms with Gasteiger partial charge in [-0.3, -0.25) is 0 Å². The van der Waals surface area contributed by atoms with Crippen LogP contribution in [0.2, 0.25) is 0 Å². The highest BCUT2D eigenvalue weighted by molar-refractivity contribution is 5.02. The molecule has 0 saturated heterocycles. The van der Waals surface area contributed by atoms with Crippen molar-refractivity contribution in [2.45, 2.75) is 118 Å². The van der Waals surface area contributed by atoms with Crippen LogP contribution in [-0.4, -0.2) is 0 Å². The molecule has 0 heterocycles. The normalized spacial score (nSPS) is 19.8. The van der Waals surface area contributed by atoms with Crippen molar-refractivity contribution in [2.24, 2.45) is 10.8 Å². The molecule has 20 heavy (non-hydrogen) atoms. The van der Waals surface area contributed by atoms with Crippen LogP contribution >= 0.6 is 0 Å². The minimum absolute atomic E-state index is 0.757. The van der Waals surface area contributed by atoms with Gasteiger partial charge in [-0.05, 0) is 49.4 Å². The zero-order valence-electron chi connectivity index (χ0n) is 14.9. The van der Waals surface area contributed by atoms with E-state index in [1.165, 1.54) is 77.0 Å². The predicted molar refractivity (Wildman–Crippen MR) is 92.2 cm³/mol. The summed E-state index contributed by atoms with van der Waals surface area (Å²) in [6, 6.07) is 0. The number of hydrogen-bond donors (Lipinski definition) is 0.